The molecule has 0 saturated carbocycles. The van der Waals surface area contributed by atoms with Crippen LogP contribution in [0, 0.1) is 0 Å². The molecule has 4 rings (SSSR count). The van der Waals surface area contributed by atoms with Crippen LogP contribution in [0.5, 0.6) is 17.2 Å². The summed E-state index contributed by atoms with van der Waals surface area (Å²) in [4.78, 5) is 11.0. The second kappa shape index (κ2) is 12.4. The molecule has 0 fully saturated rings. The highest BCUT2D eigenvalue weighted by Gasteiger charge is 2.12. The molecule has 0 heterocycles. The summed E-state index contributed by atoms with van der Waals surface area (Å²) in [5.41, 5.74) is 9.51. The van der Waals surface area contributed by atoms with Gasteiger partial charge in [-0.25, -0.2) is 0 Å². The molecule has 0 radical (unpaired) electrons. The van der Waals surface area contributed by atoms with E-state index in [1.807, 2.05) is 103 Å². The van der Waals surface area contributed by atoms with Crippen molar-refractivity contribution in [3.63, 3.8) is 0 Å². The van der Waals surface area contributed by atoms with Crippen molar-refractivity contribution in [3.05, 3.63) is 125 Å². The molecule has 0 aromatic heterocycles. The van der Waals surface area contributed by atoms with Gasteiger partial charge in [0, 0.05) is 6.07 Å². The molecule has 0 aliphatic heterocycles. The lowest BCUT2D eigenvalue weighted by Crippen LogP contribution is -2.32. The number of benzene rings is 4. The van der Waals surface area contributed by atoms with Crippen molar-refractivity contribution in [2.75, 3.05) is 0 Å². The van der Waals surface area contributed by atoms with Crippen LogP contribution in [0.15, 0.2) is 103 Å². The number of rotatable bonds is 12. The standard InChI is InChI=1S/C30H29NO5/c31-29(30(32)33)17-22-11-13-26(14-12-22)34-21-25-15-27(35-19-23-7-3-1-4-8-23)18-28(16-25)36-20-24-9-5-2-6-10-24/h1-16,18,29H,17,19-21,31H2,(H,32,33). The molecule has 6 nitrogen and oxygen atoms in total. The van der Waals surface area contributed by atoms with Crippen molar-refractivity contribution >= 4 is 5.97 Å². The van der Waals surface area contributed by atoms with Gasteiger partial charge in [0.1, 0.15) is 43.1 Å². The molecular weight excluding hydrogens is 454 g/mol. The molecule has 0 spiro atoms. The summed E-state index contributed by atoms with van der Waals surface area (Å²) in [7, 11) is 0. The summed E-state index contributed by atoms with van der Waals surface area (Å²) < 4.78 is 18.1. The van der Waals surface area contributed by atoms with Crippen LogP contribution in [0.3, 0.4) is 0 Å². The van der Waals surface area contributed by atoms with Crippen LogP contribution >= 0.6 is 0 Å². The van der Waals surface area contributed by atoms with Crippen molar-refractivity contribution in [1.82, 2.24) is 0 Å². The third kappa shape index (κ3) is 7.61. The zero-order valence-electron chi connectivity index (χ0n) is 19.9. The van der Waals surface area contributed by atoms with E-state index in [1.54, 1.807) is 0 Å². The predicted octanol–water partition coefficient (Wildman–Crippen LogP) is 5.38. The number of carboxylic acid groups (broad SMARTS) is 1. The van der Waals surface area contributed by atoms with Gasteiger partial charge in [-0.15, -0.1) is 0 Å². The van der Waals surface area contributed by atoms with Gasteiger partial charge >= 0.3 is 5.97 Å². The van der Waals surface area contributed by atoms with Crippen molar-refractivity contribution in [1.29, 1.82) is 0 Å². The van der Waals surface area contributed by atoms with E-state index in [0.29, 0.717) is 37.1 Å². The van der Waals surface area contributed by atoms with E-state index in [4.69, 9.17) is 25.1 Å². The zero-order chi connectivity index (χ0) is 25.2. The zero-order valence-corrected chi connectivity index (χ0v) is 19.9. The molecule has 0 amide bonds. The van der Waals surface area contributed by atoms with Crippen molar-refractivity contribution in [2.24, 2.45) is 5.73 Å². The molecule has 184 valence electrons. The second-order valence-electron chi connectivity index (χ2n) is 8.44. The maximum Gasteiger partial charge on any atom is 0.320 e. The molecule has 3 N–H and O–H groups in total. The normalized spacial score (nSPS) is 11.5. The van der Waals surface area contributed by atoms with Crippen LogP contribution in [0.2, 0.25) is 0 Å². The maximum atomic E-state index is 11.0. The van der Waals surface area contributed by atoms with Crippen molar-refractivity contribution in [2.45, 2.75) is 32.3 Å². The van der Waals surface area contributed by atoms with Crippen molar-refractivity contribution < 1.29 is 24.1 Å². The average Bonchev–Trinajstić information content (AvgIpc) is 2.91. The molecule has 0 aliphatic carbocycles. The predicted molar refractivity (Wildman–Crippen MR) is 138 cm³/mol. The Bertz CT molecular complexity index is 1180. The first kappa shape index (κ1) is 24.8. The van der Waals surface area contributed by atoms with E-state index < -0.39 is 12.0 Å². The fourth-order valence-corrected chi connectivity index (χ4v) is 3.59. The van der Waals surface area contributed by atoms with Crippen molar-refractivity contribution in [3.8, 4) is 17.2 Å². The Hall–Kier alpha value is -4.29. The lowest BCUT2D eigenvalue weighted by Gasteiger charge is -2.14. The number of nitrogens with two attached hydrogens (primary N) is 1. The number of carbonyl (C=O) groups is 1. The van der Waals surface area contributed by atoms with Gasteiger partial charge in [0.15, 0.2) is 0 Å². The fraction of sp³-hybridized carbons (Fsp3) is 0.167. The smallest absolute Gasteiger partial charge is 0.320 e. The molecule has 4 aromatic rings. The largest absolute Gasteiger partial charge is 0.489 e. The summed E-state index contributed by atoms with van der Waals surface area (Å²) >= 11 is 0. The Morgan fingerprint density at radius 3 is 1.58 bits per heavy atom. The van der Waals surface area contributed by atoms with Gasteiger partial charge in [-0.1, -0.05) is 72.8 Å². The lowest BCUT2D eigenvalue weighted by molar-refractivity contribution is -0.138. The molecule has 6 heteroatoms. The minimum Gasteiger partial charge on any atom is -0.489 e. The molecule has 1 atom stereocenters. The first-order chi connectivity index (χ1) is 17.5. The number of carboxylic acids is 1. The van der Waals surface area contributed by atoms with Gasteiger partial charge in [0.2, 0.25) is 0 Å². The number of ether oxygens (including phenoxy) is 3. The molecule has 0 saturated heterocycles. The highest BCUT2D eigenvalue weighted by molar-refractivity contribution is 5.73. The van der Waals surface area contributed by atoms with Crippen LogP contribution < -0.4 is 19.9 Å². The third-order valence-corrected chi connectivity index (χ3v) is 5.54. The van der Waals surface area contributed by atoms with Crippen LogP contribution in [0.1, 0.15) is 22.3 Å². The number of hydrogen-bond donors (Lipinski definition) is 2. The summed E-state index contributed by atoms with van der Waals surface area (Å²) in [5, 5.41) is 8.99. The highest BCUT2D eigenvalue weighted by atomic mass is 16.5. The van der Waals surface area contributed by atoms with Crippen LogP contribution in [0.25, 0.3) is 0 Å². The average molecular weight is 484 g/mol. The van der Waals surface area contributed by atoms with Crippen LogP contribution in [-0.2, 0) is 31.0 Å². The van der Waals surface area contributed by atoms with E-state index in [1.165, 1.54) is 0 Å². The van der Waals surface area contributed by atoms with Crippen LogP contribution in [0.4, 0.5) is 0 Å². The quantitative estimate of drug-likeness (QED) is 0.281. The Labute approximate surface area is 210 Å². The van der Waals surface area contributed by atoms with E-state index in [9.17, 15) is 4.79 Å². The second-order valence-corrected chi connectivity index (χ2v) is 8.44. The Morgan fingerprint density at radius 2 is 1.08 bits per heavy atom. The van der Waals surface area contributed by atoms with E-state index in [0.717, 1.165) is 22.3 Å². The van der Waals surface area contributed by atoms with Gasteiger partial charge in [0.05, 0.1) is 0 Å². The van der Waals surface area contributed by atoms with Crippen LogP contribution in [-0.4, -0.2) is 17.1 Å². The van der Waals surface area contributed by atoms with E-state index in [2.05, 4.69) is 0 Å². The van der Waals surface area contributed by atoms with Gasteiger partial charge < -0.3 is 25.1 Å². The SMILES string of the molecule is NC(Cc1ccc(OCc2cc(OCc3ccccc3)cc(OCc3ccccc3)c2)cc1)C(=O)O. The molecule has 36 heavy (non-hydrogen) atoms. The van der Waals surface area contributed by atoms with Gasteiger partial charge in [0.25, 0.3) is 0 Å². The topological polar surface area (TPSA) is 91.0 Å². The molecule has 0 aliphatic rings. The van der Waals surface area contributed by atoms with Gasteiger partial charge in [-0.3, -0.25) is 4.79 Å². The molecule has 0 bridgehead atoms. The van der Waals surface area contributed by atoms with E-state index >= 15 is 0 Å². The summed E-state index contributed by atoms with van der Waals surface area (Å²) in [6.45, 7) is 1.21. The minimum absolute atomic E-state index is 0.262. The Morgan fingerprint density at radius 1 is 0.611 bits per heavy atom. The molecular formula is C30H29NO5. The first-order valence-corrected chi connectivity index (χ1v) is 11.7. The fourth-order valence-electron chi connectivity index (χ4n) is 3.59. The molecule has 4 aromatic carbocycles. The first-order valence-electron chi connectivity index (χ1n) is 11.7. The summed E-state index contributed by atoms with van der Waals surface area (Å²) in [6, 6.07) is 32.1. The summed E-state index contributed by atoms with van der Waals surface area (Å²) in [6.07, 6.45) is 0.262. The number of aliphatic carboxylic acids is 1. The van der Waals surface area contributed by atoms with Gasteiger partial charge in [-0.05, 0) is 52.9 Å². The monoisotopic (exact) mass is 483 g/mol. The lowest BCUT2D eigenvalue weighted by atomic mass is 10.1. The Balaban J connectivity index is 1.43. The Kier molecular flexibility index (Phi) is 8.57. The van der Waals surface area contributed by atoms with E-state index in [-0.39, 0.29) is 6.42 Å². The molecule has 1 unspecified atom stereocenters. The summed E-state index contributed by atoms with van der Waals surface area (Å²) in [5.74, 6) is 1.04. The third-order valence-electron chi connectivity index (χ3n) is 5.54. The maximum absolute atomic E-state index is 11.0. The minimum atomic E-state index is -1.02. The highest BCUT2D eigenvalue weighted by Crippen LogP contribution is 2.26. The van der Waals surface area contributed by atoms with Gasteiger partial charge in [-0.2, -0.15) is 0 Å². The number of hydrogen-bond acceptors (Lipinski definition) is 5.